The minimum atomic E-state index is -1.67. The lowest BCUT2D eigenvalue weighted by atomic mass is 9.99. The van der Waals surface area contributed by atoms with Gasteiger partial charge in [-0.05, 0) is 5.56 Å². The molecule has 4 amide bonds. The van der Waals surface area contributed by atoms with Crippen molar-refractivity contribution in [1.29, 1.82) is 0 Å². The van der Waals surface area contributed by atoms with Gasteiger partial charge in [0, 0.05) is 45.3 Å². The fourth-order valence-electron chi connectivity index (χ4n) is 7.89. The van der Waals surface area contributed by atoms with E-state index in [4.69, 9.17) is 47.4 Å². The van der Waals surface area contributed by atoms with E-state index in [0.717, 1.165) is 0 Å². The molecule has 3 aliphatic heterocycles. The van der Waals surface area contributed by atoms with E-state index in [-0.39, 0.29) is 98.0 Å². The lowest BCUT2D eigenvalue weighted by Crippen LogP contribution is -2.59. The predicted molar refractivity (Wildman–Crippen MR) is 261 cm³/mol. The molecule has 0 radical (unpaired) electrons. The summed E-state index contributed by atoms with van der Waals surface area (Å²) in [5.41, 5.74) is -0.905. The Balaban J connectivity index is 1.35. The van der Waals surface area contributed by atoms with Gasteiger partial charge in [-0.3, -0.25) is 24.0 Å². The predicted octanol–water partition coefficient (Wildman–Crippen LogP) is -8.62. The Labute approximate surface area is 453 Å². The average molecular weight is 1140 g/mol. The number of aliphatic hydroxyl groups is 12. The van der Waals surface area contributed by atoms with E-state index in [2.05, 4.69) is 21.3 Å². The maximum atomic E-state index is 13.6. The normalized spacial score (nSPS) is 29.1. The third-order valence-electron chi connectivity index (χ3n) is 12.4. The van der Waals surface area contributed by atoms with Crippen LogP contribution in [0.5, 0.6) is 0 Å². The van der Waals surface area contributed by atoms with Gasteiger partial charge in [0.25, 0.3) is 0 Å². The first-order chi connectivity index (χ1) is 37.8. The summed E-state index contributed by atoms with van der Waals surface area (Å²) in [6.45, 7) is -5.05. The number of ether oxygens (including phenoxy) is 10. The van der Waals surface area contributed by atoms with Crippen LogP contribution >= 0.6 is 0 Å². The first-order valence-electron chi connectivity index (χ1n) is 25.6. The molecular weight excluding hydrogens is 1060 g/mol. The summed E-state index contributed by atoms with van der Waals surface area (Å²) in [5.74, 6) is -3.00. The number of benzene rings is 1. The number of rotatable bonds is 36. The van der Waals surface area contributed by atoms with Crippen LogP contribution in [0.2, 0.25) is 0 Å². The summed E-state index contributed by atoms with van der Waals surface area (Å²) < 4.78 is 55.0. The van der Waals surface area contributed by atoms with Crippen LogP contribution in [-0.2, 0) is 77.9 Å². The summed E-state index contributed by atoms with van der Waals surface area (Å²) in [4.78, 5) is 64.7. The standard InChI is InChI=1S/C48H78N4O27/c53-20-28-36(61)39(64)42(67)45(77-28)73-17-11-49-31(56)8-14-70-24-48(52-34(59)6-7-35(60)76-23-27-4-2-1-3-5-27,25-71-15-9-32(57)50-12-18-74-46-43(68)40(65)37(62)29(21-54)78-46)26-72-16-10-33(58)51-13-19-75-47-44(69)41(66)38(63)30(22-55)79-47/h1-5,28-30,36-47,53-55,61-69H,6-26H2,(H,49,56)(H,50,57)(H,51,58)(H,52,59)/t28-,29-,30-,36-,37-,38-,39+,40+,41+,42+,43+,44+,45+,46+,47+/m1/s1. The second-order valence-electron chi connectivity index (χ2n) is 18.6. The summed E-state index contributed by atoms with van der Waals surface area (Å²) in [7, 11) is 0. The van der Waals surface area contributed by atoms with Gasteiger partial charge >= 0.3 is 5.97 Å². The molecule has 0 bridgehead atoms. The van der Waals surface area contributed by atoms with Crippen molar-refractivity contribution in [2.75, 3.05) is 98.9 Å². The van der Waals surface area contributed by atoms with Crippen molar-refractivity contribution >= 4 is 29.6 Å². The SMILES string of the molecule is O=C(CCOCC(COCCC(=O)NCCO[C@H]1O[C@H](CO)[C@@H](O)[C@H](O)[C@@H]1O)(COCCC(=O)NCCO[C@H]1O[C@H](CO)[C@@H](O)[C@H](O)[C@@H]1O)NC(=O)CCC(=O)OCc1ccccc1)NCCO[C@H]1O[C@H](CO)[C@@H](O)[C@H](O)[C@@H]1O. The molecule has 0 saturated carbocycles. The van der Waals surface area contributed by atoms with Crippen LogP contribution in [0.3, 0.4) is 0 Å². The molecule has 1 aromatic carbocycles. The number of hydrogen-bond donors (Lipinski definition) is 16. The van der Waals surface area contributed by atoms with Crippen LogP contribution in [0, 0.1) is 0 Å². The van der Waals surface area contributed by atoms with Crippen molar-refractivity contribution in [3.05, 3.63) is 35.9 Å². The number of amides is 4. The van der Waals surface area contributed by atoms with Crippen LogP contribution in [-0.4, -0.2) is 287 Å². The molecule has 31 heteroatoms. The van der Waals surface area contributed by atoms with E-state index in [1.165, 1.54) is 0 Å². The van der Waals surface area contributed by atoms with Crippen LogP contribution in [0.15, 0.2) is 30.3 Å². The Morgan fingerprint density at radius 1 is 0.443 bits per heavy atom. The highest BCUT2D eigenvalue weighted by Crippen LogP contribution is 2.24. The van der Waals surface area contributed by atoms with Gasteiger partial charge < -0.3 is 130 Å². The average Bonchev–Trinajstić information content (AvgIpc) is 3.44. The number of nitrogens with one attached hydrogen (secondary N) is 4. The lowest BCUT2D eigenvalue weighted by molar-refractivity contribution is -0.300. The lowest BCUT2D eigenvalue weighted by Gasteiger charge is -2.39. The summed E-state index contributed by atoms with van der Waals surface area (Å²) >= 11 is 0. The second kappa shape index (κ2) is 35.6. The minimum Gasteiger partial charge on any atom is -0.461 e. The van der Waals surface area contributed by atoms with Gasteiger partial charge in [0.2, 0.25) is 23.6 Å². The zero-order valence-corrected chi connectivity index (χ0v) is 43.4. The van der Waals surface area contributed by atoms with Crippen LogP contribution in [0.1, 0.15) is 37.7 Å². The third-order valence-corrected chi connectivity index (χ3v) is 12.4. The molecule has 15 atom stereocenters. The van der Waals surface area contributed by atoms with E-state index in [0.29, 0.717) is 5.56 Å². The highest BCUT2D eigenvalue weighted by molar-refractivity contribution is 5.82. The molecular formula is C48H78N4O27. The van der Waals surface area contributed by atoms with E-state index >= 15 is 0 Å². The summed E-state index contributed by atoms with van der Waals surface area (Å²) in [6, 6.07) is 8.81. The van der Waals surface area contributed by atoms with Crippen molar-refractivity contribution in [3.63, 3.8) is 0 Å². The molecule has 79 heavy (non-hydrogen) atoms. The van der Waals surface area contributed by atoms with Gasteiger partial charge in [-0.1, -0.05) is 30.3 Å². The number of aliphatic hydroxyl groups excluding tert-OH is 12. The van der Waals surface area contributed by atoms with E-state index in [1.54, 1.807) is 30.3 Å². The molecule has 0 unspecified atom stereocenters. The monoisotopic (exact) mass is 1140 g/mol. The van der Waals surface area contributed by atoms with Crippen LogP contribution in [0.25, 0.3) is 0 Å². The van der Waals surface area contributed by atoms with Gasteiger partial charge in [0.1, 0.15) is 85.4 Å². The first-order valence-corrected chi connectivity index (χ1v) is 25.6. The Morgan fingerprint density at radius 2 is 0.797 bits per heavy atom. The summed E-state index contributed by atoms with van der Waals surface area (Å²) in [6.07, 6.45) is -24.1. The van der Waals surface area contributed by atoms with E-state index < -0.39 is 167 Å². The largest absolute Gasteiger partial charge is 0.461 e. The van der Waals surface area contributed by atoms with Gasteiger partial charge in [-0.25, -0.2) is 0 Å². The molecule has 4 rings (SSSR count). The Bertz CT molecular complexity index is 1790. The maximum absolute atomic E-state index is 13.6. The molecule has 452 valence electrons. The molecule has 16 N–H and O–H groups in total. The molecule has 3 saturated heterocycles. The second-order valence-corrected chi connectivity index (χ2v) is 18.6. The number of hydrogen-bond acceptors (Lipinski definition) is 27. The molecule has 0 aliphatic carbocycles. The Hall–Kier alpha value is -4.27. The molecule has 0 spiro atoms. The molecule has 0 aromatic heterocycles. The first kappa shape index (κ1) is 67.2. The topological polar surface area (TPSA) is 469 Å². The van der Waals surface area contributed by atoms with Gasteiger partial charge in [0.05, 0.1) is 85.7 Å². The fourth-order valence-corrected chi connectivity index (χ4v) is 7.89. The van der Waals surface area contributed by atoms with Crippen molar-refractivity contribution < 1.29 is 133 Å². The summed E-state index contributed by atoms with van der Waals surface area (Å²) in [5, 5.41) is 129. The molecule has 3 heterocycles. The highest BCUT2D eigenvalue weighted by Gasteiger charge is 2.46. The van der Waals surface area contributed by atoms with Crippen molar-refractivity contribution in [3.8, 4) is 0 Å². The van der Waals surface area contributed by atoms with Crippen LogP contribution in [0.4, 0.5) is 0 Å². The van der Waals surface area contributed by atoms with Crippen molar-refractivity contribution in [2.24, 2.45) is 0 Å². The van der Waals surface area contributed by atoms with Crippen molar-refractivity contribution in [2.45, 2.75) is 136 Å². The zero-order chi connectivity index (χ0) is 57.9. The fraction of sp³-hybridized carbons (Fsp3) is 0.771. The highest BCUT2D eigenvalue weighted by atomic mass is 16.7. The molecule has 3 fully saturated rings. The zero-order valence-electron chi connectivity index (χ0n) is 43.4. The number of carbonyl (C=O) groups excluding carboxylic acids is 5. The van der Waals surface area contributed by atoms with E-state index in [9.17, 15) is 85.3 Å². The third kappa shape index (κ3) is 22.5. The minimum absolute atomic E-state index is 0.0443. The quantitative estimate of drug-likeness (QED) is 0.0219. The van der Waals surface area contributed by atoms with Crippen molar-refractivity contribution in [1.82, 2.24) is 21.3 Å². The Kier molecular flexibility index (Phi) is 30.3. The van der Waals surface area contributed by atoms with Gasteiger partial charge in [0.15, 0.2) is 18.9 Å². The smallest absolute Gasteiger partial charge is 0.306 e. The van der Waals surface area contributed by atoms with E-state index in [1.807, 2.05) is 0 Å². The van der Waals surface area contributed by atoms with Crippen LogP contribution < -0.4 is 21.3 Å². The molecule has 1 aromatic rings. The maximum Gasteiger partial charge on any atom is 0.306 e. The molecule has 3 aliphatic rings. The van der Waals surface area contributed by atoms with Gasteiger partial charge in [-0.15, -0.1) is 0 Å². The van der Waals surface area contributed by atoms with Gasteiger partial charge in [-0.2, -0.15) is 0 Å². The Morgan fingerprint density at radius 3 is 1.14 bits per heavy atom. The number of carbonyl (C=O) groups is 5. The molecule has 31 nitrogen and oxygen atoms in total. The number of esters is 1.